The zero-order valence-corrected chi connectivity index (χ0v) is 16.5. The quantitative estimate of drug-likeness (QED) is 0.502. The SMILES string of the molecule is CSc1nc(N2CCCCC2)c2cc(C(=O)Nc3cccc(F)c3)sc2n1. The first kappa shape index (κ1) is 18.2. The van der Waals surface area contributed by atoms with Crippen LogP contribution in [0, 0.1) is 5.82 Å². The van der Waals surface area contributed by atoms with E-state index in [1.165, 1.54) is 41.7 Å². The molecule has 1 saturated heterocycles. The zero-order chi connectivity index (χ0) is 18.8. The van der Waals surface area contributed by atoms with Gasteiger partial charge in [-0.2, -0.15) is 0 Å². The molecule has 27 heavy (non-hydrogen) atoms. The van der Waals surface area contributed by atoms with Crippen LogP contribution >= 0.6 is 23.1 Å². The van der Waals surface area contributed by atoms with E-state index in [9.17, 15) is 9.18 Å². The molecule has 1 N–H and O–H groups in total. The molecule has 0 spiro atoms. The number of anilines is 2. The number of rotatable bonds is 4. The van der Waals surface area contributed by atoms with E-state index in [0.717, 1.165) is 42.0 Å². The van der Waals surface area contributed by atoms with Gasteiger partial charge < -0.3 is 10.2 Å². The Morgan fingerprint density at radius 3 is 2.78 bits per heavy atom. The summed E-state index contributed by atoms with van der Waals surface area (Å²) in [5.41, 5.74) is 0.435. The Bertz CT molecular complexity index is 985. The Morgan fingerprint density at radius 2 is 2.04 bits per heavy atom. The molecule has 140 valence electrons. The standard InChI is InChI=1S/C19H19FN4OS2/c1-26-19-22-16(24-8-3-2-4-9-24)14-11-15(27-18(14)23-19)17(25)21-13-7-5-6-12(20)10-13/h5-7,10-11H,2-4,8-9H2,1H3,(H,21,25). The van der Waals surface area contributed by atoms with Crippen LogP contribution in [-0.2, 0) is 0 Å². The summed E-state index contributed by atoms with van der Waals surface area (Å²) in [5.74, 6) is 0.260. The van der Waals surface area contributed by atoms with Crippen LogP contribution in [0.1, 0.15) is 28.9 Å². The van der Waals surface area contributed by atoms with Crippen LogP contribution in [0.15, 0.2) is 35.5 Å². The third kappa shape index (κ3) is 3.91. The molecular formula is C19H19FN4OS2. The smallest absolute Gasteiger partial charge is 0.265 e. The second kappa shape index (κ2) is 7.82. The predicted octanol–water partition coefficient (Wildman–Crippen LogP) is 4.79. The lowest BCUT2D eigenvalue weighted by molar-refractivity contribution is 0.103. The molecule has 0 radical (unpaired) electrons. The molecule has 1 amide bonds. The van der Waals surface area contributed by atoms with Crippen molar-refractivity contribution < 1.29 is 9.18 Å². The molecule has 4 rings (SSSR count). The maximum atomic E-state index is 13.4. The number of aromatic nitrogens is 2. The van der Waals surface area contributed by atoms with Crippen LogP contribution in [0.4, 0.5) is 15.9 Å². The lowest BCUT2D eigenvalue weighted by Crippen LogP contribution is -2.30. The molecule has 3 aromatic rings. The number of thiophene rings is 1. The second-order valence-corrected chi connectivity index (χ2v) is 8.18. The Kier molecular flexibility index (Phi) is 5.27. The number of benzene rings is 1. The number of halogens is 1. The third-order valence-corrected chi connectivity index (χ3v) is 6.07. The van der Waals surface area contributed by atoms with E-state index in [1.807, 2.05) is 12.3 Å². The number of hydrogen-bond acceptors (Lipinski definition) is 6. The van der Waals surface area contributed by atoms with E-state index in [1.54, 1.807) is 12.1 Å². The van der Waals surface area contributed by atoms with Gasteiger partial charge in [0, 0.05) is 18.8 Å². The highest BCUT2D eigenvalue weighted by Gasteiger charge is 2.21. The van der Waals surface area contributed by atoms with Crippen LogP contribution in [0.25, 0.3) is 10.2 Å². The van der Waals surface area contributed by atoms with Crippen LogP contribution in [0.2, 0.25) is 0 Å². The van der Waals surface area contributed by atoms with E-state index in [-0.39, 0.29) is 11.7 Å². The van der Waals surface area contributed by atoms with Gasteiger partial charge in [0.25, 0.3) is 5.91 Å². The molecule has 0 bridgehead atoms. The zero-order valence-electron chi connectivity index (χ0n) is 14.9. The molecule has 0 aliphatic carbocycles. The Labute approximate surface area is 165 Å². The van der Waals surface area contributed by atoms with Gasteiger partial charge in [-0.25, -0.2) is 14.4 Å². The van der Waals surface area contributed by atoms with Gasteiger partial charge in [0.05, 0.1) is 10.3 Å². The minimum absolute atomic E-state index is 0.265. The number of carbonyl (C=O) groups is 1. The van der Waals surface area contributed by atoms with E-state index in [4.69, 9.17) is 4.98 Å². The monoisotopic (exact) mass is 402 g/mol. The first-order valence-corrected chi connectivity index (χ1v) is 10.9. The normalized spacial score (nSPS) is 14.5. The second-order valence-electron chi connectivity index (χ2n) is 6.38. The minimum atomic E-state index is -0.382. The van der Waals surface area contributed by atoms with Crippen molar-refractivity contribution in [2.75, 3.05) is 29.6 Å². The molecule has 5 nitrogen and oxygen atoms in total. The van der Waals surface area contributed by atoms with Crippen LogP contribution in [0.5, 0.6) is 0 Å². The van der Waals surface area contributed by atoms with Crippen molar-refractivity contribution in [2.45, 2.75) is 24.4 Å². The summed E-state index contributed by atoms with van der Waals surface area (Å²) in [4.78, 5) is 25.6. The van der Waals surface area contributed by atoms with Crippen LogP contribution < -0.4 is 10.2 Å². The lowest BCUT2D eigenvalue weighted by atomic mass is 10.1. The molecule has 0 unspecified atom stereocenters. The van der Waals surface area contributed by atoms with E-state index < -0.39 is 0 Å². The van der Waals surface area contributed by atoms with Crippen molar-refractivity contribution >= 4 is 50.7 Å². The van der Waals surface area contributed by atoms with Crippen molar-refractivity contribution in [1.82, 2.24) is 9.97 Å². The fraction of sp³-hybridized carbons (Fsp3) is 0.316. The molecule has 0 saturated carbocycles. The lowest BCUT2D eigenvalue weighted by Gasteiger charge is -2.28. The maximum absolute atomic E-state index is 13.4. The number of amides is 1. The molecule has 1 fully saturated rings. The number of nitrogens with zero attached hydrogens (tertiary/aromatic N) is 3. The molecule has 0 atom stereocenters. The fourth-order valence-electron chi connectivity index (χ4n) is 3.20. The first-order chi connectivity index (χ1) is 13.1. The summed E-state index contributed by atoms with van der Waals surface area (Å²) in [6.07, 6.45) is 5.49. The van der Waals surface area contributed by atoms with Crippen LogP contribution in [-0.4, -0.2) is 35.2 Å². The number of thioether (sulfide) groups is 1. The van der Waals surface area contributed by atoms with Gasteiger partial charge in [-0.1, -0.05) is 17.8 Å². The summed E-state index contributed by atoms with van der Waals surface area (Å²) in [5, 5.41) is 4.37. The van der Waals surface area contributed by atoms with Crippen molar-refractivity contribution in [1.29, 1.82) is 0 Å². The molecule has 3 heterocycles. The van der Waals surface area contributed by atoms with Crippen molar-refractivity contribution in [3.63, 3.8) is 0 Å². The van der Waals surface area contributed by atoms with E-state index >= 15 is 0 Å². The van der Waals surface area contributed by atoms with E-state index in [0.29, 0.717) is 15.7 Å². The van der Waals surface area contributed by atoms with Crippen molar-refractivity contribution in [3.05, 3.63) is 41.0 Å². The average Bonchev–Trinajstić information content (AvgIpc) is 3.12. The molecule has 8 heteroatoms. The van der Waals surface area contributed by atoms with Gasteiger partial charge in [0.2, 0.25) is 0 Å². The predicted molar refractivity (Wildman–Crippen MR) is 110 cm³/mol. The Morgan fingerprint density at radius 1 is 1.22 bits per heavy atom. The summed E-state index contributed by atoms with van der Waals surface area (Å²) < 4.78 is 13.4. The van der Waals surface area contributed by atoms with Gasteiger partial charge in [0.15, 0.2) is 5.16 Å². The highest BCUT2D eigenvalue weighted by atomic mass is 32.2. The van der Waals surface area contributed by atoms with Gasteiger partial charge in [-0.3, -0.25) is 4.79 Å². The van der Waals surface area contributed by atoms with E-state index in [2.05, 4.69) is 15.2 Å². The number of hydrogen-bond donors (Lipinski definition) is 1. The first-order valence-electron chi connectivity index (χ1n) is 8.81. The summed E-state index contributed by atoms with van der Waals surface area (Å²) in [6, 6.07) is 7.73. The summed E-state index contributed by atoms with van der Waals surface area (Å²) >= 11 is 2.84. The maximum Gasteiger partial charge on any atom is 0.265 e. The van der Waals surface area contributed by atoms with Gasteiger partial charge >= 0.3 is 0 Å². The average molecular weight is 403 g/mol. The fourth-order valence-corrected chi connectivity index (χ4v) is 4.54. The van der Waals surface area contributed by atoms with Crippen LogP contribution in [0.3, 0.4) is 0 Å². The topological polar surface area (TPSA) is 58.1 Å². The van der Waals surface area contributed by atoms with Gasteiger partial charge in [-0.15, -0.1) is 11.3 Å². The van der Waals surface area contributed by atoms with Crippen molar-refractivity contribution in [3.8, 4) is 0 Å². The molecule has 1 aliphatic rings. The summed E-state index contributed by atoms with van der Waals surface area (Å²) in [7, 11) is 0. The molecule has 1 aromatic carbocycles. The largest absolute Gasteiger partial charge is 0.356 e. The molecule has 2 aromatic heterocycles. The number of nitrogens with one attached hydrogen (secondary N) is 1. The Balaban J connectivity index is 1.69. The number of carbonyl (C=O) groups excluding carboxylic acids is 1. The van der Waals surface area contributed by atoms with Gasteiger partial charge in [0.1, 0.15) is 16.5 Å². The van der Waals surface area contributed by atoms with Crippen molar-refractivity contribution in [2.24, 2.45) is 0 Å². The Hall–Kier alpha value is -2.19. The third-order valence-electron chi connectivity index (χ3n) is 4.50. The summed E-state index contributed by atoms with van der Waals surface area (Å²) in [6.45, 7) is 1.95. The number of fused-ring (bicyclic) bond motifs is 1. The highest BCUT2D eigenvalue weighted by Crippen LogP contribution is 2.34. The minimum Gasteiger partial charge on any atom is -0.356 e. The van der Waals surface area contributed by atoms with Gasteiger partial charge in [-0.05, 0) is 49.8 Å². The molecule has 1 aliphatic heterocycles. The molecular weight excluding hydrogens is 383 g/mol. The highest BCUT2D eigenvalue weighted by molar-refractivity contribution is 7.98. The number of piperidine rings is 1.